The molecule has 1 saturated heterocycles. The molecule has 4 nitrogen and oxygen atoms in total. The SMILES string of the molecule is CCOc1cc(C)ccc1C1CCN(CCCCNC(=O)c2ccc(-c3ccc(C(F)(F)F)cc3)cc2)CC1. The normalized spacial score (nSPS) is 14.8. The summed E-state index contributed by atoms with van der Waals surface area (Å²) in [5.41, 5.74) is 3.85. The molecule has 0 aromatic heterocycles. The predicted molar refractivity (Wildman–Crippen MR) is 149 cm³/mol. The lowest BCUT2D eigenvalue weighted by molar-refractivity contribution is -0.137. The number of halogens is 3. The molecule has 1 heterocycles. The Labute approximate surface area is 229 Å². The number of piperidine rings is 1. The number of carbonyl (C=O) groups excluding carboxylic acids is 1. The minimum absolute atomic E-state index is 0.141. The molecule has 1 aliphatic heterocycles. The minimum Gasteiger partial charge on any atom is -0.494 e. The minimum atomic E-state index is -4.35. The van der Waals surface area contributed by atoms with Crippen LogP contribution in [0.5, 0.6) is 5.75 Å². The van der Waals surface area contributed by atoms with Gasteiger partial charge in [0, 0.05) is 12.1 Å². The summed E-state index contributed by atoms with van der Waals surface area (Å²) in [6.07, 6.45) is -0.174. The zero-order chi connectivity index (χ0) is 27.8. The van der Waals surface area contributed by atoms with Crippen molar-refractivity contribution >= 4 is 5.91 Å². The van der Waals surface area contributed by atoms with E-state index in [1.807, 2.05) is 6.92 Å². The number of amides is 1. The maximum Gasteiger partial charge on any atom is 0.416 e. The van der Waals surface area contributed by atoms with Crippen LogP contribution in [0.3, 0.4) is 0 Å². The number of carbonyl (C=O) groups is 1. The highest BCUT2D eigenvalue weighted by Crippen LogP contribution is 2.35. The van der Waals surface area contributed by atoms with Crippen molar-refractivity contribution in [1.82, 2.24) is 10.2 Å². The molecule has 0 radical (unpaired) electrons. The van der Waals surface area contributed by atoms with Crippen molar-refractivity contribution in [3.05, 3.63) is 89.0 Å². The quantitative estimate of drug-likeness (QED) is 0.272. The maximum absolute atomic E-state index is 12.8. The Morgan fingerprint density at radius 2 is 1.59 bits per heavy atom. The lowest BCUT2D eigenvalue weighted by atomic mass is 9.88. The maximum atomic E-state index is 12.8. The summed E-state index contributed by atoms with van der Waals surface area (Å²) in [5, 5.41) is 2.97. The van der Waals surface area contributed by atoms with Gasteiger partial charge in [-0.05, 0) is 118 Å². The van der Waals surface area contributed by atoms with E-state index in [-0.39, 0.29) is 5.91 Å². The lowest BCUT2D eigenvalue weighted by Gasteiger charge is -2.33. The first-order valence-electron chi connectivity index (χ1n) is 13.8. The molecule has 0 saturated carbocycles. The van der Waals surface area contributed by atoms with Gasteiger partial charge >= 0.3 is 6.18 Å². The van der Waals surface area contributed by atoms with Crippen LogP contribution < -0.4 is 10.1 Å². The molecule has 7 heteroatoms. The van der Waals surface area contributed by atoms with Crippen molar-refractivity contribution in [2.75, 3.05) is 32.8 Å². The second-order valence-corrected chi connectivity index (χ2v) is 10.2. The van der Waals surface area contributed by atoms with Gasteiger partial charge in [0.15, 0.2) is 0 Å². The van der Waals surface area contributed by atoms with Gasteiger partial charge in [0.25, 0.3) is 5.91 Å². The molecule has 1 fully saturated rings. The largest absolute Gasteiger partial charge is 0.494 e. The van der Waals surface area contributed by atoms with E-state index in [2.05, 4.69) is 35.3 Å². The highest BCUT2D eigenvalue weighted by Gasteiger charge is 2.30. The third-order valence-electron chi connectivity index (χ3n) is 7.38. The van der Waals surface area contributed by atoms with E-state index in [0.29, 0.717) is 30.2 Å². The fraction of sp³-hybridized carbons (Fsp3) is 0.406. The van der Waals surface area contributed by atoms with Crippen LogP contribution in [0.4, 0.5) is 13.2 Å². The van der Waals surface area contributed by atoms with Crippen molar-refractivity contribution in [3.8, 4) is 16.9 Å². The van der Waals surface area contributed by atoms with Crippen molar-refractivity contribution in [3.63, 3.8) is 0 Å². The summed E-state index contributed by atoms with van der Waals surface area (Å²) >= 11 is 0. The monoisotopic (exact) mass is 538 g/mol. The third kappa shape index (κ3) is 7.85. The van der Waals surface area contributed by atoms with Crippen LogP contribution in [-0.2, 0) is 6.18 Å². The molecule has 0 unspecified atom stereocenters. The third-order valence-corrected chi connectivity index (χ3v) is 7.38. The number of hydrogen-bond acceptors (Lipinski definition) is 3. The molecule has 3 aromatic carbocycles. The fourth-order valence-corrected chi connectivity index (χ4v) is 5.16. The smallest absolute Gasteiger partial charge is 0.416 e. The lowest BCUT2D eigenvalue weighted by Crippen LogP contribution is -2.34. The van der Waals surface area contributed by atoms with Crippen LogP contribution in [0.25, 0.3) is 11.1 Å². The van der Waals surface area contributed by atoms with E-state index in [0.717, 1.165) is 68.8 Å². The second-order valence-electron chi connectivity index (χ2n) is 10.2. The number of nitrogens with zero attached hydrogens (tertiary/aromatic N) is 1. The summed E-state index contributed by atoms with van der Waals surface area (Å²) < 4.78 is 44.2. The Balaban J connectivity index is 1.16. The molecule has 1 amide bonds. The number of likely N-dealkylation sites (tertiary alicyclic amines) is 1. The van der Waals surface area contributed by atoms with E-state index < -0.39 is 11.7 Å². The Morgan fingerprint density at radius 1 is 0.949 bits per heavy atom. The molecule has 208 valence electrons. The van der Waals surface area contributed by atoms with Crippen LogP contribution in [0.2, 0.25) is 0 Å². The molecule has 1 aliphatic rings. The topological polar surface area (TPSA) is 41.6 Å². The van der Waals surface area contributed by atoms with Crippen LogP contribution in [0.15, 0.2) is 66.7 Å². The summed E-state index contributed by atoms with van der Waals surface area (Å²) in [6, 6.07) is 18.5. The first-order chi connectivity index (χ1) is 18.7. The van der Waals surface area contributed by atoms with Gasteiger partial charge in [-0.25, -0.2) is 0 Å². The van der Waals surface area contributed by atoms with E-state index in [1.165, 1.54) is 23.3 Å². The van der Waals surface area contributed by atoms with Crippen LogP contribution in [0, 0.1) is 6.92 Å². The summed E-state index contributed by atoms with van der Waals surface area (Å²) in [5.74, 6) is 1.42. The Bertz CT molecular complexity index is 1220. The second kappa shape index (κ2) is 13.2. The average Bonchev–Trinajstić information content (AvgIpc) is 2.93. The van der Waals surface area contributed by atoms with E-state index in [1.54, 1.807) is 24.3 Å². The first-order valence-corrected chi connectivity index (χ1v) is 13.8. The zero-order valence-electron chi connectivity index (χ0n) is 22.7. The van der Waals surface area contributed by atoms with Gasteiger partial charge in [-0.2, -0.15) is 13.2 Å². The Morgan fingerprint density at radius 3 is 2.21 bits per heavy atom. The highest BCUT2D eigenvalue weighted by atomic mass is 19.4. The number of alkyl halides is 3. The number of benzene rings is 3. The number of aryl methyl sites for hydroxylation is 1. The molecule has 0 aliphatic carbocycles. The predicted octanol–water partition coefficient (Wildman–Crippen LogP) is 7.47. The molecule has 1 N–H and O–H groups in total. The molecule has 4 rings (SSSR count). The summed E-state index contributed by atoms with van der Waals surface area (Å²) in [6.45, 7) is 8.58. The average molecular weight is 539 g/mol. The van der Waals surface area contributed by atoms with Gasteiger partial charge in [0.2, 0.25) is 0 Å². The zero-order valence-corrected chi connectivity index (χ0v) is 22.7. The molecule has 3 aromatic rings. The molecular formula is C32H37F3N2O2. The van der Waals surface area contributed by atoms with Crippen molar-refractivity contribution in [1.29, 1.82) is 0 Å². The van der Waals surface area contributed by atoms with E-state index in [4.69, 9.17) is 4.74 Å². The molecule has 0 atom stereocenters. The van der Waals surface area contributed by atoms with Crippen molar-refractivity contribution < 1.29 is 22.7 Å². The van der Waals surface area contributed by atoms with Gasteiger partial charge in [0.05, 0.1) is 12.2 Å². The van der Waals surface area contributed by atoms with Crippen LogP contribution >= 0.6 is 0 Å². The van der Waals surface area contributed by atoms with Gasteiger partial charge in [-0.1, -0.05) is 36.4 Å². The fourth-order valence-electron chi connectivity index (χ4n) is 5.16. The summed E-state index contributed by atoms with van der Waals surface area (Å²) in [4.78, 5) is 15.0. The Hall–Kier alpha value is -3.32. The molecule has 0 spiro atoms. The molecule has 39 heavy (non-hydrogen) atoms. The Kier molecular flexibility index (Phi) is 9.68. The first kappa shape index (κ1) is 28.7. The summed E-state index contributed by atoms with van der Waals surface area (Å²) in [7, 11) is 0. The molecule has 0 bridgehead atoms. The standard InChI is InChI=1S/C32H37F3N2O2/c1-3-39-30-22-23(2)6-15-29(30)26-16-20-37(21-17-26)19-5-4-18-36-31(38)27-9-7-24(8-10-27)25-11-13-28(14-12-25)32(33,34)35/h6-15,22,26H,3-5,16-21H2,1-2H3,(H,36,38). The number of unbranched alkanes of at least 4 members (excludes halogenated alkanes) is 1. The number of nitrogens with one attached hydrogen (secondary N) is 1. The number of ether oxygens (including phenoxy) is 1. The van der Waals surface area contributed by atoms with Gasteiger partial charge in [-0.3, -0.25) is 4.79 Å². The van der Waals surface area contributed by atoms with Gasteiger partial charge in [0.1, 0.15) is 5.75 Å². The van der Waals surface area contributed by atoms with Crippen LogP contribution in [-0.4, -0.2) is 43.6 Å². The van der Waals surface area contributed by atoms with Crippen molar-refractivity contribution in [2.45, 2.75) is 51.6 Å². The van der Waals surface area contributed by atoms with Gasteiger partial charge in [-0.15, -0.1) is 0 Å². The van der Waals surface area contributed by atoms with E-state index in [9.17, 15) is 18.0 Å². The number of hydrogen-bond donors (Lipinski definition) is 1. The van der Waals surface area contributed by atoms with Crippen LogP contribution in [0.1, 0.15) is 65.6 Å². The molecular weight excluding hydrogens is 501 g/mol. The van der Waals surface area contributed by atoms with E-state index >= 15 is 0 Å². The van der Waals surface area contributed by atoms with Gasteiger partial charge < -0.3 is 15.0 Å². The number of rotatable bonds is 10. The van der Waals surface area contributed by atoms with Crippen molar-refractivity contribution in [2.24, 2.45) is 0 Å². The highest BCUT2D eigenvalue weighted by molar-refractivity contribution is 5.94.